The Morgan fingerprint density at radius 3 is 2.71 bits per heavy atom. The first-order chi connectivity index (χ1) is 6.90. The van der Waals surface area contributed by atoms with Gasteiger partial charge in [0.15, 0.2) is 0 Å². The Labute approximate surface area is 85.5 Å². The van der Waals surface area contributed by atoms with Gasteiger partial charge in [0.25, 0.3) is 0 Å². The van der Waals surface area contributed by atoms with E-state index in [1.807, 2.05) is 0 Å². The molecule has 0 aromatic heterocycles. The van der Waals surface area contributed by atoms with Crippen LogP contribution in [0.1, 0.15) is 12.0 Å². The summed E-state index contributed by atoms with van der Waals surface area (Å²) < 4.78 is 5.17. The van der Waals surface area contributed by atoms with E-state index in [-0.39, 0.29) is 0 Å². The van der Waals surface area contributed by atoms with Crippen molar-refractivity contribution in [3.8, 4) is 0 Å². The van der Waals surface area contributed by atoms with E-state index in [1.54, 1.807) is 7.11 Å². The minimum atomic E-state index is 0.639. The van der Waals surface area contributed by atoms with Crippen molar-refractivity contribution in [2.24, 2.45) is 0 Å². The molecule has 0 bridgehead atoms. The third-order valence-corrected chi connectivity index (χ3v) is 2.85. The number of likely N-dealkylation sites (tertiary alicyclic amines) is 1. The normalized spacial score (nSPS) is 21.9. The Morgan fingerprint density at radius 2 is 2.14 bits per heavy atom. The highest BCUT2D eigenvalue weighted by molar-refractivity contribution is 5.15. The minimum Gasteiger partial charge on any atom is -0.383 e. The molecule has 1 atom stereocenters. The first-order valence-electron chi connectivity index (χ1n) is 5.17. The van der Waals surface area contributed by atoms with Crippen LogP contribution in [0.3, 0.4) is 0 Å². The lowest BCUT2D eigenvalue weighted by Gasteiger charge is -2.40. The molecule has 1 unspecified atom stereocenters. The summed E-state index contributed by atoms with van der Waals surface area (Å²) in [6, 6.07) is 11.3. The maximum absolute atomic E-state index is 5.17. The van der Waals surface area contributed by atoms with E-state index >= 15 is 0 Å². The van der Waals surface area contributed by atoms with Crippen molar-refractivity contribution in [2.75, 3.05) is 20.3 Å². The molecule has 1 fully saturated rings. The minimum absolute atomic E-state index is 0.639. The van der Waals surface area contributed by atoms with Crippen LogP contribution in [0.4, 0.5) is 0 Å². The Hall–Kier alpha value is -0.860. The van der Waals surface area contributed by atoms with Crippen molar-refractivity contribution < 1.29 is 4.74 Å². The van der Waals surface area contributed by atoms with E-state index in [1.165, 1.54) is 18.5 Å². The van der Waals surface area contributed by atoms with Gasteiger partial charge in [-0.05, 0) is 12.0 Å². The van der Waals surface area contributed by atoms with Gasteiger partial charge in [-0.25, -0.2) is 0 Å². The van der Waals surface area contributed by atoms with Crippen LogP contribution in [0.5, 0.6) is 0 Å². The third kappa shape index (κ3) is 2.14. The Balaban J connectivity index is 1.86. The van der Waals surface area contributed by atoms with Gasteiger partial charge in [-0.1, -0.05) is 30.3 Å². The lowest BCUT2D eigenvalue weighted by atomic mass is 10.0. The molecule has 76 valence electrons. The first-order valence-corrected chi connectivity index (χ1v) is 5.17. The molecule has 2 nitrogen and oxygen atoms in total. The van der Waals surface area contributed by atoms with Crippen molar-refractivity contribution >= 4 is 0 Å². The fraction of sp³-hybridized carbons (Fsp3) is 0.500. The van der Waals surface area contributed by atoms with E-state index in [2.05, 4.69) is 35.2 Å². The average molecular weight is 191 g/mol. The van der Waals surface area contributed by atoms with E-state index in [9.17, 15) is 0 Å². The van der Waals surface area contributed by atoms with Crippen LogP contribution in [-0.4, -0.2) is 31.2 Å². The van der Waals surface area contributed by atoms with Crippen LogP contribution in [0.2, 0.25) is 0 Å². The number of benzene rings is 1. The molecule has 1 aliphatic heterocycles. The van der Waals surface area contributed by atoms with Gasteiger partial charge in [0.1, 0.15) is 0 Å². The maximum atomic E-state index is 5.17. The number of nitrogens with zero attached hydrogens (tertiary/aromatic N) is 1. The molecule has 14 heavy (non-hydrogen) atoms. The lowest BCUT2D eigenvalue weighted by Crippen LogP contribution is -2.49. The summed E-state index contributed by atoms with van der Waals surface area (Å²) in [6.07, 6.45) is 1.28. The van der Waals surface area contributed by atoms with E-state index in [0.29, 0.717) is 6.04 Å². The van der Waals surface area contributed by atoms with Gasteiger partial charge >= 0.3 is 0 Å². The lowest BCUT2D eigenvalue weighted by molar-refractivity contribution is 0.0178. The van der Waals surface area contributed by atoms with Crippen molar-refractivity contribution in [3.05, 3.63) is 35.9 Å². The standard InChI is InChI=1S/C12H17NO/c1-14-10-12-7-8-13(12)9-11-5-3-2-4-6-11/h2-6,12H,7-10H2,1H3. The number of rotatable bonds is 4. The van der Waals surface area contributed by atoms with E-state index in [0.717, 1.165) is 13.2 Å². The highest BCUT2D eigenvalue weighted by atomic mass is 16.5. The summed E-state index contributed by atoms with van der Waals surface area (Å²) >= 11 is 0. The molecule has 0 saturated carbocycles. The fourth-order valence-electron chi connectivity index (χ4n) is 1.90. The van der Waals surface area contributed by atoms with E-state index < -0.39 is 0 Å². The molecule has 1 aromatic rings. The molecular formula is C12H17NO. The molecule has 1 aliphatic rings. The fourth-order valence-corrected chi connectivity index (χ4v) is 1.90. The number of methoxy groups -OCH3 is 1. The van der Waals surface area contributed by atoms with Crippen LogP contribution in [0.15, 0.2) is 30.3 Å². The maximum Gasteiger partial charge on any atom is 0.0618 e. The van der Waals surface area contributed by atoms with Crippen molar-refractivity contribution in [2.45, 2.75) is 19.0 Å². The molecule has 0 spiro atoms. The average Bonchev–Trinajstić information content (AvgIpc) is 2.23. The van der Waals surface area contributed by atoms with Gasteiger partial charge in [0, 0.05) is 26.2 Å². The monoisotopic (exact) mass is 191 g/mol. The second-order valence-electron chi connectivity index (χ2n) is 3.85. The van der Waals surface area contributed by atoms with Crippen molar-refractivity contribution in [1.82, 2.24) is 4.90 Å². The van der Waals surface area contributed by atoms with Crippen LogP contribution in [0, 0.1) is 0 Å². The summed E-state index contributed by atoms with van der Waals surface area (Å²) in [5.41, 5.74) is 1.40. The number of hydrogen-bond acceptors (Lipinski definition) is 2. The molecule has 1 heterocycles. The number of hydrogen-bond donors (Lipinski definition) is 0. The zero-order chi connectivity index (χ0) is 9.80. The summed E-state index contributed by atoms with van der Waals surface area (Å²) in [5.74, 6) is 0. The molecule has 0 radical (unpaired) electrons. The summed E-state index contributed by atoms with van der Waals surface area (Å²) in [7, 11) is 1.78. The molecule has 1 aromatic carbocycles. The highest BCUT2D eigenvalue weighted by Crippen LogP contribution is 2.20. The molecule has 1 saturated heterocycles. The first kappa shape index (κ1) is 9.69. The summed E-state index contributed by atoms with van der Waals surface area (Å²) in [4.78, 5) is 2.47. The van der Waals surface area contributed by atoms with Crippen LogP contribution in [0.25, 0.3) is 0 Å². The van der Waals surface area contributed by atoms with Gasteiger partial charge in [0.2, 0.25) is 0 Å². The molecule has 0 aliphatic carbocycles. The van der Waals surface area contributed by atoms with E-state index in [4.69, 9.17) is 4.74 Å². The molecule has 2 heteroatoms. The highest BCUT2D eigenvalue weighted by Gasteiger charge is 2.27. The van der Waals surface area contributed by atoms with Gasteiger partial charge in [0.05, 0.1) is 6.61 Å². The third-order valence-electron chi connectivity index (χ3n) is 2.85. The Bertz CT molecular complexity index is 273. The molecular weight excluding hydrogens is 174 g/mol. The van der Waals surface area contributed by atoms with Crippen molar-refractivity contribution in [1.29, 1.82) is 0 Å². The van der Waals surface area contributed by atoms with Gasteiger partial charge in [-0.3, -0.25) is 4.90 Å². The number of ether oxygens (including phenoxy) is 1. The van der Waals surface area contributed by atoms with Gasteiger partial charge in [-0.15, -0.1) is 0 Å². The molecule has 0 amide bonds. The zero-order valence-electron chi connectivity index (χ0n) is 8.65. The van der Waals surface area contributed by atoms with Crippen LogP contribution in [-0.2, 0) is 11.3 Å². The Morgan fingerprint density at radius 1 is 1.36 bits per heavy atom. The second-order valence-corrected chi connectivity index (χ2v) is 3.85. The second kappa shape index (κ2) is 4.58. The molecule has 2 rings (SSSR count). The summed E-state index contributed by atoms with van der Waals surface area (Å²) in [5, 5.41) is 0. The van der Waals surface area contributed by atoms with Crippen molar-refractivity contribution in [3.63, 3.8) is 0 Å². The largest absolute Gasteiger partial charge is 0.383 e. The zero-order valence-corrected chi connectivity index (χ0v) is 8.65. The van der Waals surface area contributed by atoms with Crippen LogP contribution >= 0.6 is 0 Å². The predicted octanol–water partition coefficient (Wildman–Crippen LogP) is 1.91. The Kier molecular flexibility index (Phi) is 3.17. The quantitative estimate of drug-likeness (QED) is 0.720. The molecule has 0 N–H and O–H groups in total. The smallest absolute Gasteiger partial charge is 0.0618 e. The SMILES string of the molecule is COCC1CCN1Cc1ccccc1. The van der Waals surface area contributed by atoms with Gasteiger partial charge in [-0.2, -0.15) is 0 Å². The predicted molar refractivity (Wildman–Crippen MR) is 57.1 cm³/mol. The summed E-state index contributed by atoms with van der Waals surface area (Å²) in [6.45, 7) is 3.14. The van der Waals surface area contributed by atoms with Gasteiger partial charge < -0.3 is 4.74 Å². The van der Waals surface area contributed by atoms with Crippen LogP contribution < -0.4 is 0 Å². The topological polar surface area (TPSA) is 12.5 Å².